The highest BCUT2D eigenvalue weighted by molar-refractivity contribution is 6.10. The summed E-state index contributed by atoms with van der Waals surface area (Å²) >= 11 is 0. The van der Waals surface area contributed by atoms with Crippen LogP contribution in [-0.2, 0) is 0 Å². The highest BCUT2D eigenvalue weighted by Crippen LogP contribution is 2.37. The molecule has 2 aliphatic heterocycles. The van der Waals surface area contributed by atoms with Crippen molar-refractivity contribution in [3.63, 3.8) is 0 Å². The van der Waals surface area contributed by atoms with Gasteiger partial charge in [0.15, 0.2) is 0 Å². The van der Waals surface area contributed by atoms with Gasteiger partial charge >= 0.3 is 0 Å². The van der Waals surface area contributed by atoms with Crippen LogP contribution in [0.15, 0.2) is 72.8 Å². The first-order chi connectivity index (χ1) is 22.6. The number of nitrogens with one attached hydrogen (secondary N) is 2. The maximum Gasteiger partial charge on any atom is 0.203 e. The number of para-hydroxylation sites is 2. The van der Waals surface area contributed by atoms with E-state index in [-0.39, 0.29) is 0 Å². The molecular weight excluding hydrogens is 584 g/mol. The topological polar surface area (TPSA) is 79.1 Å². The van der Waals surface area contributed by atoms with Crippen molar-refractivity contribution in [1.82, 2.24) is 0 Å². The second-order valence-corrected chi connectivity index (χ2v) is 12.7. The van der Waals surface area contributed by atoms with Gasteiger partial charge in [0.25, 0.3) is 0 Å². The van der Waals surface area contributed by atoms with Gasteiger partial charge in [-0.15, -0.1) is 0 Å². The van der Waals surface area contributed by atoms with E-state index >= 15 is 0 Å². The smallest absolute Gasteiger partial charge is 0.203 e. The van der Waals surface area contributed by atoms with Crippen LogP contribution in [0.4, 0.5) is 22.7 Å². The molecule has 4 aromatic rings. The van der Waals surface area contributed by atoms with Crippen molar-refractivity contribution in [1.29, 1.82) is 10.8 Å². The van der Waals surface area contributed by atoms with Crippen LogP contribution in [0, 0.1) is 52.4 Å². The Labute approximate surface area is 279 Å². The molecule has 6 rings (SSSR count). The standard InChI is InChI=1S/C39H46N6O2/c1-26-14-16-34(32(24-26)42-18-20-44(38(42)40)36-28(3)10-7-11-29(36)4)46-22-9-23-47-35-17-15-27(2)25-33(35)43-19-21-45(39(43)41)37-30(5)12-8-13-31(37)6/h7-8,10-17,24-25,40-41H,9,18-23H2,1-6H3. The lowest BCUT2D eigenvalue weighted by Crippen LogP contribution is -2.33. The van der Waals surface area contributed by atoms with Crippen molar-refractivity contribution in [3.8, 4) is 11.5 Å². The molecule has 0 spiro atoms. The van der Waals surface area contributed by atoms with Crippen LogP contribution in [0.5, 0.6) is 11.5 Å². The molecule has 0 radical (unpaired) electrons. The first-order valence-corrected chi connectivity index (χ1v) is 16.5. The van der Waals surface area contributed by atoms with E-state index < -0.39 is 0 Å². The molecule has 2 saturated heterocycles. The molecule has 0 amide bonds. The molecule has 8 nitrogen and oxygen atoms in total. The van der Waals surface area contributed by atoms with Crippen molar-refractivity contribution < 1.29 is 9.47 Å². The summed E-state index contributed by atoms with van der Waals surface area (Å²) in [6.45, 7) is 16.5. The van der Waals surface area contributed by atoms with Crippen LogP contribution in [-0.4, -0.2) is 51.3 Å². The molecular formula is C39H46N6O2. The van der Waals surface area contributed by atoms with Crippen LogP contribution in [0.3, 0.4) is 0 Å². The Morgan fingerprint density at radius 1 is 0.511 bits per heavy atom. The Morgan fingerprint density at radius 2 is 0.872 bits per heavy atom. The molecule has 4 aromatic carbocycles. The van der Waals surface area contributed by atoms with E-state index in [1.807, 2.05) is 12.1 Å². The summed E-state index contributed by atoms with van der Waals surface area (Å²) in [7, 11) is 0. The Kier molecular flexibility index (Phi) is 9.12. The van der Waals surface area contributed by atoms with E-state index in [1.165, 1.54) is 22.3 Å². The van der Waals surface area contributed by atoms with Crippen LogP contribution in [0.1, 0.15) is 39.8 Å². The third kappa shape index (κ3) is 6.37. The summed E-state index contributed by atoms with van der Waals surface area (Å²) in [4.78, 5) is 8.31. The molecule has 2 heterocycles. The summed E-state index contributed by atoms with van der Waals surface area (Å²) in [6, 6.07) is 24.9. The molecule has 2 aliphatic rings. The second-order valence-electron chi connectivity index (χ2n) is 12.7. The molecule has 2 fully saturated rings. The Hall–Kier alpha value is -4.98. The fourth-order valence-electron chi connectivity index (χ4n) is 6.83. The normalized spacial score (nSPS) is 14.9. The molecule has 0 saturated carbocycles. The van der Waals surface area contributed by atoms with Gasteiger partial charge < -0.3 is 29.1 Å². The van der Waals surface area contributed by atoms with Gasteiger partial charge in [-0.05, 0) is 99.2 Å². The monoisotopic (exact) mass is 630 g/mol. The quantitative estimate of drug-likeness (QED) is 0.174. The number of anilines is 4. The number of nitrogens with zero attached hydrogens (tertiary/aromatic N) is 4. The van der Waals surface area contributed by atoms with Crippen LogP contribution >= 0.6 is 0 Å². The van der Waals surface area contributed by atoms with Gasteiger partial charge in [0.2, 0.25) is 11.9 Å². The number of ether oxygens (including phenoxy) is 2. The van der Waals surface area contributed by atoms with Crippen LogP contribution in [0.25, 0.3) is 0 Å². The number of hydrogen-bond acceptors (Lipinski definition) is 4. The van der Waals surface area contributed by atoms with Crippen LogP contribution < -0.4 is 29.1 Å². The van der Waals surface area contributed by atoms with Gasteiger partial charge in [0.05, 0.1) is 24.6 Å². The summed E-state index contributed by atoms with van der Waals surface area (Å²) in [6.07, 6.45) is 0.693. The first kappa shape index (κ1) is 32.0. The molecule has 0 atom stereocenters. The zero-order chi connectivity index (χ0) is 33.2. The number of rotatable bonds is 10. The van der Waals surface area contributed by atoms with E-state index in [0.29, 0.717) is 31.6 Å². The van der Waals surface area contributed by atoms with Crippen molar-refractivity contribution in [2.24, 2.45) is 0 Å². The van der Waals surface area contributed by atoms with Gasteiger partial charge in [-0.3, -0.25) is 10.8 Å². The van der Waals surface area contributed by atoms with E-state index in [4.69, 9.17) is 20.3 Å². The average Bonchev–Trinajstić information content (AvgIpc) is 3.60. The lowest BCUT2D eigenvalue weighted by Gasteiger charge is -2.26. The number of hydrogen-bond donors (Lipinski definition) is 2. The maximum absolute atomic E-state index is 9.09. The second kappa shape index (κ2) is 13.4. The molecule has 2 N–H and O–H groups in total. The van der Waals surface area contributed by atoms with E-state index in [1.54, 1.807) is 0 Å². The highest BCUT2D eigenvalue weighted by atomic mass is 16.5. The third-order valence-electron chi connectivity index (χ3n) is 9.15. The minimum atomic E-state index is 0.469. The predicted molar refractivity (Wildman–Crippen MR) is 195 cm³/mol. The lowest BCUT2D eigenvalue weighted by molar-refractivity contribution is 0.248. The van der Waals surface area contributed by atoms with Gasteiger partial charge in [-0.1, -0.05) is 48.5 Å². The van der Waals surface area contributed by atoms with Crippen molar-refractivity contribution in [3.05, 3.63) is 106 Å². The van der Waals surface area contributed by atoms with Gasteiger partial charge in [-0.2, -0.15) is 0 Å². The zero-order valence-electron chi connectivity index (χ0n) is 28.5. The molecule has 8 heteroatoms. The molecule has 0 aliphatic carbocycles. The number of aryl methyl sites for hydroxylation is 6. The lowest BCUT2D eigenvalue weighted by atomic mass is 10.1. The molecule has 47 heavy (non-hydrogen) atoms. The Morgan fingerprint density at radius 3 is 1.26 bits per heavy atom. The number of guanidine groups is 2. The number of benzene rings is 4. The molecule has 244 valence electrons. The molecule has 0 unspecified atom stereocenters. The largest absolute Gasteiger partial charge is 0.491 e. The van der Waals surface area contributed by atoms with Gasteiger partial charge in [-0.25, -0.2) is 0 Å². The van der Waals surface area contributed by atoms with E-state index in [2.05, 4.69) is 122 Å². The van der Waals surface area contributed by atoms with E-state index in [0.717, 1.165) is 71.6 Å². The van der Waals surface area contributed by atoms with Crippen molar-refractivity contribution >= 4 is 34.7 Å². The van der Waals surface area contributed by atoms with Crippen molar-refractivity contribution in [2.45, 2.75) is 48.0 Å². The maximum atomic E-state index is 9.09. The fourth-order valence-corrected chi connectivity index (χ4v) is 6.83. The Balaban J connectivity index is 1.10. The minimum absolute atomic E-state index is 0.469. The molecule has 0 bridgehead atoms. The predicted octanol–water partition coefficient (Wildman–Crippen LogP) is 7.91. The van der Waals surface area contributed by atoms with Gasteiger partial charge in [0, 0.05) is 44.0 Å². The summed E-state index contributed by atoms with van der Waals surface area (Å²) < 4.78 is 12.7. The zero-order valence-corrected chi connectivity index (χ0v) is 28.5. The van der Waals surface area contributed by atoms with E-state index in [9.17, 15) is 0 Å². The summed E-state index contributed by atoms with van der Waals surface area (Å²) in [5, 5.41) is 18.2. The van der Waals surface area contributed by atoms with Crippen molar-refractivity contribution in [2.75, 3.05) is 59.0 Å². The average molecular weight is 631 g/mol. The first-order valence-electron chi connectivity index (χ1n) is 16.5. The van der Waals surface area contributed by atoms with Gasteiger partial charge in [0.1, 0.15) is 11.5 Å². The third-order valence-corrected chi connectivity index (χ3v) is 9.15. The summed E-state index contributed by atoms with van der Waals surface area (Å²) in [5.74, 6) is 2.49. The molecule has 0 aromatic heterocycles. The highest BCUT2D eigenvalue weighted by Gasteiger charge is 2.32. The van der Waals surface area contributed by atoms with Crippen LogP contribution in [0.2, 0.25) is 0 Å². The SMILES string of the molecule is Cc1ccc(OCCCOc2ccc(C)cc2N2CCN(c3c(C)cccc3C)C2=N)c(N2CCN(c3c(C)cccc3C)C2=N)c1. The minimum Gasteiger partial charge on any atom is -0.491 e. The Bertz CT molecular complexity index is 1650. The summed E-state index contributed by atoms with van der Waals surface area (Å²) in [5.41, 5.74) is 11.0. The fraction of sp³-hybridized carbons (Fsp3) is 0.333.